The maximum Gasteiger partial charge on any atom is 0.0345 e. The van der Waals surface area contributed by atoms with Crippen molar-refractivity contribution < 1.29 is 0 Å². The fourth-order valence-electron chi connectivity index (χ4n) is 2.38. The number of aryl methyl sites for hydroxylation is 2. The van der Waals surface area contributed by atoms with Crippen molar-refractivity contribution in [2.24, 2.45) is 0 Å². The fraction of sp³-hybridized carbons (Fsp3) is 0.158. The molecule has 0 atom stereocenters. The largest absolute Gasteiger partial charge is 0.140 e. The highest BCUT2D eigenvalue weighted by Crippen LogP contribution is 2.28. The first-order valence-electron chi connectivity index (χ1n) is 7.10. The summed E-state index contributed by atoms with van der Waals surface area (Å²) >= 11 is 1.92. The molecule has 0 aliphatic rings. The van der Waals surface area contributed by atoms with Crippen molar-refractivity contribution in [3.8, 4) is 10.4 Å². The van der Waals surface area contributed by atoms with E-state index in [9.17, 15) is 0 Å². The van der Waals surface area contributed by atoms with Crippen LogP contribution in [0.2, 0.25) is 0 Å². The van der Waals surface area contributed by atoms with E-state index < -0.39 is 0 Å². The molecule has 0 amide bonds. The van der Waals surface area contributed by atoms with Crippen molar-refractivity contribution in [1.82, 2.24) is 0 Å². The van der Waals surface area contributed by atoms with Crippen LogP contribution >= 0.6 is 11.3 Å². The average molecular weight is 278 g/mol. The molecule has 0 spiro atoms. The van der Waals surface area contributed by atoms with Crippen LogP contribution in [0.15, 0.2) is 72.8 Å². The molecule has 1 heteroatoms. The highest BCUT2D eigenvalue weighted by Gasteiger charge is 2.02. The topological polar surface area (TPSA) is 0 Å². The second-order valence-corrected chi connectivity index (χ2v) is 6.14. The molecule has 3 aromatic rings. The molecule has 0 nitrogen and oxygen atoms in total. The van der Waals surface area contributed by atoms with Gasteiger partial charge >= 0.3 is 0 Å². The van der Waals surface area contributed by atoms with Crippen molar-refractivity contribution >= 4 is 11.3 Å². The molecule has 20 heavy (non-hydrogen) atoms. The summed E-state index contributed by atoms with van der Waals surface area (Å²) in [6.07, 6.45) is 3.56. The summed E-state index contributed by atoms with van der Waals surface area (Å²) in [5.41, 5.74) is 2.76. The monoisotopic (exact) mass is 278 g/mol. The summed E-state index contributed by atoms with van der Waals surface area (Å²) in [5.74, 6) is 0. The number of thiophene rings is 1. The van der Waals surface area contributed by atoms with E-state index in [1.807, 2.05) is 11.3 Å². The highest BCUT2D eigenvalue weighted by molar-refractivity contribution is 7.15. The third-order valence-electron chi connectivity index (χ3n) is 3.45. The smallest absolute Gasteiger partial charge is 0.0345 e. The van der Waals surface area contributed by atoms with Gasteiger partial charge in [0.05, 0.1) is 0 Å². The van der Waals surface area contributed by atoms with Gasteiger partial charge in [-0.1, -0.05) is 60.7 Å². The Bertz CT molecular complexity index is 638. The van der Waals surface area contributed by atoms with Gasteiger partial charge in [0, 0.05) is 9.75 Å². The van der Waals surface area contributed by atoms with Gasteiger partial charge in [0.25, 0.3) is 0 Å². The molecular formula is C19H18S. The number of hydrogen-bond donors (Lipinski definition) is 0. The summed E-state index contributed by atoms with van der Waals surface area (Å²) < 4.78 is 0. The molecule has 0 bridgehead atoms. The molecule has 1 aromatic heterocycles. The van der Waals surface area contributed by atoms with Crippen LogP contribution in [-0.4, -0.2) is 0 Å². The maximum absolute atomic E-state index is 2.28. The van der Waals surface area contributed by atoms with Gasteiger partial charge in [0.1, 0.15) is 0 Å². The Labute approximate surface area is 124 Å². The zero-order valence-electron chi connectivity index (χ0n) is 11.5. The second kappa shape index (κ2) is 6.53. The molecule has 0 unspecified atom stereocenters. The molecule has 1 heterocycles. The van der Waals surface area contributed by atoms with Crippen molar-refractivity contribution in [1.29, 1.82) is 0 Å². The van der Waals surface area contributed by atoms with Gasteiger partial charge in [-0.2, -0.15) is 0 Å². The molecule has 2 aromatic carbocycles. The second-order valence-electron chi connectivity index (χ2n) is 4.97. The summed E-state index contributed by atoms with van der Waals surface area (Å²) in [4.78, 5) is 2.86. The Morgan fingerprint density at radius 2 is 1.35 bits per heavy atom. The van der Waals surface area contributed by atoms with Gasteiger partial charge in [-0.15, -0.1) is 11.3 Å². The van der Waals surface area contributed by atoms with Gasteiger partial charge in [-0.3, -0.25) is 0 Å². The van der Waals surface area contributed by atoms with E-state index in [4.69, 9.17) is 0 Å². The van der Waals surface area contributed by atoms with E-state index >= 15 is 0 Å². The van der Waals surface area contributed by atoms with Gasteiger partial charge in [0.2, 0.25) is 0 Å². The predicted molar refractivity (Wildman–Crippen MR) is 88.2 cm³/mol. The minimum Gasteiger partial charge on any atom is -0.140 e. The van der Waals surface area contributed by atoms with Crippen LogP contribution in [0.3, 0.4) is 0 Å². The summed E-state index contributed by atoms with van der Waals surface area (Å²) in [6, 6.07) is 25.9. The number of rotatable bonds is 5. The van der Waals surface area contributed by atoms with E-state index in [0.29, 0.717) is 0 Å². The summed E-state index contributed by atoms with van der Waals surface area (Å²) in [5, 5.41) is 0. The summed E-state index contributed by atoms with van der Waals surface area (Å²) in [6.45, 7) is 0. The molecule has 100 valence electrons. The van der Waals surface area contributed by atoms with Crippen LogP contribution < -0.4 is 0 Å². The third-order valence-corrected chi connectivity index (χ3v) is 4.65. The third kappa shape index (κ3) is 3.37. The maximum atomic E-state index is 2.28. The normalized spacial score (nSPS) is 10.6. The van der Waals surface area contributed by atoms with Crippen LogP contribution in [-0.2, 0) is 12.8 Å². The Kier molecular flexibility index (Phi) is 4.29. The van der Waals surface area contributed by atoms with Crippen LogP contribution in [0.5, 0.6) is 0 Å². The SMILES string of the molecule is c1ccc(CCCc2ccc(-c3ccccc3)s2)cc1. The first-order chi connectivity index (χ1) is 9.92. The molecule has 0 aliphatic heterocycles. The lowest BCUT2D eigenvalue weighted by molar-refractivity contribution is 0.831. The Balaban J connectivity index is 1.58. The fourth-order valence-corrected chi connectivity index (χ4v) is 3.44. The minimum atomic E-state index is 1.17. The van der Waals surface area contributed by atoms with Crippen molar-refractivity contribution in [3.05, 3.63) is 83.2 Å². The highest BCUT2D eigenvalue weighted by atomic mass is 32.1. The van der Waals surface area contributed by atoms with Gasteiger partial charge < -0.3 is 0 Å². The lowest BCUT2D eigenvalue weighted by Crippen LogP contribution is -1.87. The van der Waals surface area contributed by atoms with Crippen LogP contribution in [0.4, 0.5) is 0 Å². The number of hydrogen-bond acceptors (Lipinski definition) is 1. The van der Waals surface area contributed by atoms with E-state index in [-0.39, 0.29) is 0 Å². The van der Waals surface area contributed by atoms with E-state index in [2.05, 4.69) is 72.8 Å². The quantitative estimate of drug-likeness (QED) is 0.570. The van der Waals surface area contributed by atoms with Crippen molar-refractivity contribution in [2.75, 3.05) is 0 Å². The van der Waals surface area contributed by atoms with Crippen LogP contribution in [0.1, 0.15) is 16.9 Å². The van der Waals surface area contributed by atoms with Crippen LogP contribution in [0.25, 0.3) is 10.4 Å². The Hall–Kier alpha value is -1.86. The molecule has 0 N–H and O–H groups in total. The molecule has 3 rings (SSSR count). The first kappa shape index (κ1) is 13.1. The predicted octanol–water partition coefficient (Wildman–Crippen LogP) is 5.59. The molecule has 0 aliphatic carbocycles. The minimum absolute atomic E-state index is 1.17. The van der Waals surface area contributed by atoms with Gasteiger partial charge in [0.15, 0.2) is 0 Å². The van der Waals surface area contributed by atoms with E-state index in [0.717, 1.165) is 0 Å². The van der Waals surface area contributed by atoms with Crippen molar-refractivity contribution in [3.63, 3.8) is 0 Å². The van der Waals surface area contributed by atoms with E-state index in [1.54, 1.807) is 0 Å². The van der Waals surface area contributed by atoms with Gasteiger partial charge in [-0.25, -0.2) is 0 Å². The lowest BCUT2D eigenvalue weighted by Gasteiger charge is -2.00. The molecule has 0 radical (unpaired) electrons. The zero-order valence-corrected chi connectivity index (χ0v) is 12.3. The Morgan fingerprint density at radius 3 is 2.10 bits per heavy atom. The first-order valence-corrected chi connectivity index (χ1v) is 7.91. The molecule has 0 saturated heterocycles. The lowest BCUT2D eigenvalue weighted by atomic mass is 10.1. The van der Waals surface area contributed by atoms with E-state index in [1.165, 1.54) is 40.1 Å². The molecule has 0 saturated carbocycles. The summed E-state index contributed by atoms with van der Waals surface area (Å²) in [7, 11) is 0. The van der Waals surface area contributed by atoms with Gasteiger partial charge in [-0.05, 0) is 42.5 Å². The standard InChI is InChI=1S/C19H18S/c1-3-8-16(9-4-1)10-7-13-18-14-15-19(20-18)17-11-5-2-6-12-17/h1-6,8-9,11-12,14-15H,7,10,13H2. The molecule has 0 fully saturated rings. The zero-order chi connectivity index (χ0) is 13.6. The molecular weight excluding hydrogens is 260 g/mol. The van der Waals surface area contributed by atoms with Crippen molar-refractivity contribution in [2.45, 2.75) is 19.3 Å². The number of benzene rings is 2. The average Bonchev–Trinajstić information content (AvgIpc) is 2.98. The Morgan fingerprint density at radius 1 is 0.650 bits per heavy atom. The van der Waals surface area contributed by atoms with Crippen LogP contribution in [0, 0.1) is 0 Å².